The summed E-state index contributed by atoms with van der Waals surface area (Å²) in [4.78, 5) is 11.5. The second kappa shape index (κ2) is 6.18. The van der Waals surface area contributed by atoms with Crippen molar-refractivity contribution in [1.82, 2.24) is 0 Å². The number of rotatable bonds is 6. The second-order valence-corrected chi connectivity index (χ2v) is 3.50. The molecule has 2 nitrogen and oxygen atoms in total. The zero-order chi connectivity index (χ0) is 9.56. The van der Waals surface area contributed by atoms with Gasteiger partial charge in [-0.05, 0) is 26.2 Å². The van der Waals surface area contributed by atoms with Gasteiger partial charge in [0, 0.05) is 18.4 Å². The van der Waals surface area contributed by atoms with Crippen LogP contribution < -0.4 is 5.73 Å². The molecule has 0 heterocycles. The Morgan fingerprint density at radius 1 is 1.33 bits per heavy atom. The smallest absolute Gasteiger partial charge is 0.136 e. The Morgan fingerprint density at radius 2 is 1.83 bits per heavy atom. The second-order valence-electron chi connectivity index (χ2n) is 3.50. The van der Waals surface area contributed by atoms with Crippen molar-refractivity contribution in [3.63, 3.8) is 0 Å². The summed E-state index contributed by atoms with van der Waals surface area (Å²) < 4.78 is 0. The molecule has 0 aromatic carbocycles. The molecule has 0 rings (SSSR count). The first-order valence-corrected chi connectivity index (χ1v) is 4.90. The zero-order valence-corrected chi connectivity index (χ0v) is 8.47. The van der Waals surface area contributed by atoms with Crippen molar-refractivity contribution < 1.29 is 4.79 Å². The maximum atomic E-state index is 11.5. The Morgan fingerprint density at radius 3 is 2.17 bits per heavy atom. The lowest BCUT2D eigenvalue weighted by molar-refractivity contribution is -0.123. The largest absolute Gasteiger partial charge is 0.328 e. The molecule has 0 aromatic heterocycles. The highest BCUT2D eigenvalue weighted by Gasteiger charge is 2.13. The molecule has 72 valence electrons. The summed E-state index contributed by atoms with van der Waals surface area (Å²) in [5, 5.41) is 0. The van der Waals surface area contributed by atoms with Gasteiger partial charge < -0.3 is 5.73 Å². The molecule has 0 saturated carbocycles. The lowest BCUT2D eigenvalue weighted by atomic mass is 9.94. The first-order valence-electron chi connectivity index (χ1n) is 4.90. The van der Waals surface area contributed by atoms with E-state index in [9.17, 15) is 4.79 Å². The summed E-state index contributed by atoms with van der Waals surface area (Å²) in [5.74, 6) is 0.654. The molecule has 0 radical (unpaired) electrons. The fraction of sp³-hybridized carbons (Fsp3) is 0.900. The van der Waals surface area contributed by atoms with Crippen LogP contribution in [0.3, 0.4) is 0 Å². The van der Waals surface area contributed by atoms with E-state index >= 15 is 0 Å². The minimum absolute atomic E-state index is 0.156. The van der Waals surface area contributed by atoms with Crippen LogP contribution in [0, 0.1) is 5.92 Å². The van der Waals surface area contributed by atoms with Crippen LogP contribution in [0.1, 0.15) is 46.5 Å². The predicted octanol–water partition coefficient (Wildman–Crippen LogP) is 2.12. The molecule has 0 fully saturated rings. The Hall–Kier alpha value is -0.370. The van der Waals surface area contributed by atoms with Gasteiger partial charge in [0.2, 0.25) is 0 Å². The highest BCUT2D eigenvalue weighted by Crippen LogP contribution is 2.12. The van der Waals surface area contributed by atoms with Gasteiger partial charge in [-0.15, -0.1) is 0 Å². The van der Waals surface area contributed by atoms with E-state index in [0.29, 0.717) is 12.2 Å². The third kappa shape index (κ3) is 4.50. The summed E-state index contributed by atoms with van der Waals surface area (Å²) >= 11 is 0. The summed E-state index contributed by atoms with van der Waals surface area (Å²) in [6.45, 7) is 6.08. The van der Waals surface area contributed by atoms with Gasteiger partial charge >= 0.3 is 0 Å². The molecular weight excluding hydrogens is 150 g/mol. The zero-order valence-electron chi connectivity index (χ0n) is 8.47. The summed E-state index contributed by atoms with van der Waals surface area (Å²) in [6, 6.07) is 0.156. The molecule has 12 heavy (non-hydrogen) atoms. The minimum atomic E-state index is 0.156. The number of hydrogen-bond acceptors (Lipinski definition) is 2. The molecule has 2 N–H and O–H groups in total. The van der Waals surface area contributed by atoms with Crippen LogP contribution in [0.5, 0.6) is 0 Å². The van der Waals surface area contributed by atoms with Crippen LogP contribution in [-0.2, 0) is 4.79 Å². The molecule has 0 saturated heterocycles. The van der Waals surface area contributed by atoms with E-state index in [1.807, 2.05) is 6.92 Å². The molecular formula is C10H21NO. The molecule has 0 amide bonds. The van der Waals surface area contributed by atoms with Crippen LogP contribution >= 0.6 is 0 Å². The summed E-state index contributed by atoms with van der Waals surface area (Å²) in [7, 11) is 0. The fourth-order valence-electron chi connectivity index (χ4n) is 1.32. The Bertz CT molecular complexity index is 128. The van der Waals surface area contributed by atoms with Crippen molar-refractivity contribution in [2.24, 2.45) is 11.7 Å². The Balaban J connectivity index is 3.69. The maximum absolute atomic E-state index is 11.5. The standard InChI is InChI=1S/C10H21NO/c1-4-9(5-2)10(12)7-6-8(3)11/h8-9H,4-7,11H2,1-3H3. The highest BCUT2D eigenvalue weighted by atomic mass is 16.1. The van der Waals surface area contributed by atoms with Crippen molar-refractivity contribution in [3.8, 4) is 0 Å². The van der Waals surface area contributed by atoms with Gasteiger partial charge in [0.1, 0.15) is 5.78 Å². The molecule has 1 atom stereocenters. The van der Waals surface area contributed by atoms with E-state index in [1.54, 1.807) is 0 Å². The van der Waals surface area contributed by atoms with Crippen molar-refractivity contribution in [3.05, 3.63) is 0 Å². The molecule has 2 heteroatoms. The van der Waals surface area contributed by atoms with Crippen LogP contribution in [0.25, 0.3) is 0 Å². The lowest BCUT2D eigenvalue weighted by Crippen LogP contribution is -2.19. The monoisotopic (exact) mass is 171 g/mol. The van der Waals surface area contributed by atoms with Crippen molar-refractivity contribution in [2.75, 3.05) is 0 Å². The third-order valence-corrected chi connectivity index (χ3v) is 2.29. The third-order valence-electron chi connectivity index (χ3n) is 2.29. The van der Waals surface area contributed by atoms with E-state index in [0.717, 1.165) is 19.3 Å². The Labute approximate surface area is 75.5 Å². The number of nitrogens with two attached hydrogens (primary N) is 1. The van der Waals surface area contributed by atoms with E-state index in [-0.39, 0.29) is 12.0 Å². The van der Waals surface area contributed by atoms with Gasteiger partial charge in [-0.25, -0.2) is 0 Å². The number of ketones is 1. The molecule has 0 bridgehead atoms. The first kappa shape index (κ1) is 11.6. The van der Waals surface area contributed by atoms with Gasteiger partial charge in [-0.1, -0.05) is 13.8 Å². The van der Waals surface area contributed by atoms with Crippen molar-refractivity contribution >= 4 is 5.78 Å². The maximum Gasteiger partial charge on any atom is 0.136 e. The van der Waals surface area contributed by atoms with Gasteiger partial charge in [0.25, 0.3) is 0 Å². The van der Waals surface area contributed by atoms with Gasteiger partial charge in [-0.2, -0.15) is 0 Å². The quantitative estimate of drug-likeness (QED) is 0.665. The van der Waals surface area contributed by atoms with Gasteiger partial charge in [-0.3, -0.25) is 4.79 Å². The van der Waals surface area contributed by atoms with E-state index < -0.39 is 0 Å². The average molecular weight is 171 g/mol. The molecule has 0 aromatic rings. The normalized spacial score (nSPS) is 13.4. The Kier molecular flexibility index (Phi) is 5.99. The predicted molar refractivity (Wildman–Crippen MR) is 52.0 cm³/mol. The molecule has 0 spiro atoms. The number of hydrogen-bond donors (Lipinski definition) is 1. The molecule has 1 unspecified atom stereocenters. The molecule has 0 aliphatic heterocycles. The van der Waals surface area contributed by atoms with Crippen LogP contribution in [0.4, 0.5) is 0 Å². The topological polar surface area (TPSA) is 43.1 Å². The minimum Gasteiger partial charge on any atom is -0.328 e. The summed E-state index contributed by atoms with van der Waals surface area (Å²) in [6.07, 6.45) is 3.42. The van der Waals surface area contributed by atoms with Crippen molar-refractivity contribution in [2.45, 2.75) is 52.5 Å². The van der Waals surface area contributed by atoms with Crippen LogP contribution in [0.15, 0.2) is 0 Å². The highest BCUT2D eigenvalue weighted by molar-refractivity contribution is 5.80. The number of carbonyl (C=O) groups excluding carboxylic acids is 1. The fourth-order valence-corrected chi connectivity index (χ4v) is 1.32. The summed E-state index contributed by atoms with van der Waals surface area (Å²) in [5.41, 5.74) is 5.57. The molecule has 0 aliphatic rings. The number of carbonyl (C=O) groups is 1. The first-order chi connectivity index (χ1) is 5.61. The van der Waals surface area contributed by atoms with E-state index in [1.165, 1.54) is 0 Å². The van der Waals surface area contributed by atoms with Crippen molar-refractivity contribution in [1.29, 1.82) is 0 Å². The van der Waals surface area contributed by atoms with E-state index in [4.69, 9.17) is 5.73 Å². The van der Waals surface area contributed by atoms with Gasteiger partial charge in [0.05, 0.1) is 0 Å². The average Bonchev–Trinajstić information content (AvgIpc) is 2.03. The SMILES string of the molecule is CCC(CC)C(=O)CCC(C)N. The van der Waals surface area contributed by atoms with Crippen LogP contribution in [-0.4, -0.2) is 11.8 Å². The van der Waals surface area contributed by atoms with Crippen LogP contribution in [0.2, 0.25) is 0 Å². The lowest BCUT2D eigenvalue weighted by Gasteiger charge is -2.11. The molecule has 0 aliphatic carbocycles. The van der Waals surface area contributed by atoms with Gasteiger partial charge in [0.15, 0.2) is 0 Å². The van der Waals surface area contributed by atoms with E-state index in [2.05, 4.69) is 13.8 Å². The number of Topliss-reactive ketones (excluding diaryl/α,β-unsaturated/α-hetero) is 1.